The summed E-state index contributed by atoms with van der Waals surface area (Å²) in [5.74, 6) is -2.02. The minimum Gasteiger partial charge on any atom is -0.481 e. The molecule has 178 valence electrons. The number of fused-ring (bicyclic) bond motifs is 1. The van der Waals surface area contributed by atoms with E-state index in [-0.39, 0.29) is 26.2 Å². The third-order valence-electron chi connectivity index (χ3n) is 6.02. The Morgan fingerprint density at radius 1 is 1.00 bits per heavy atom. The Balaban J connectivity index is 1.61. The molecule has 2 aromatic carbocycles. The Hall–Kier alpha value is -3.92. The van der Waals surface area contributed by atoms with Crippen LogP contribution in [0.1, 0.15) is 17.5 Å². The van der Waals surface area contributed by atoms with Gasteiger partial charge in [-0.15, -0.1) is 0 Å². The van der Waals surface area contributed by atoms with Gasteiger partial charge in [0, 0.05) is 20.1 Å². The lowest BCUT2D eigenvalue weighted by Gasteiger charge is -2.54. The number of amides is 4. The fourth-order valence-electron chi connectivity index (χ4n) is 4.47. The van der Waals surface area contributed by atoms with E-state index in [1.165, 1.54) is 19.8 Å². The number of carboxylic acids is 1. The van der Waals surface area contributed by atoms with Crippen molar-refractivity contribution in [1.29, 1.82) is 0 Å². The third-order valence-corrected chi connectivity index (χ3v) is 6.02. The number of likely N-dealkylation sites (N-methyl/N-ethyl adjacent to an activating group) is 1. The molecule has 2 N–H and O–H groups in total. The lowest BCUT2D eigenvalue weighted by atomic mass is 10.0. The van der Waals surface area contributed by atoms with Crippen LogP contribution in [0.25, 0.3) is 0 Å². The van der Waals surface area contributed by atoms with Gasteiger partial charge in [0.05, 0.1) is 19.5 Å². The van der Waals surface area contributed by atoms with E-state index in [0.717, 1.165) is 11.1 Å². The second-order valence-electron chi connectivity index (χ2n) is 8.40. The van der Waals surface area contributed by atoms with Crippen LogP contribution in [0.5, 0.6) is 0 Å². The zero-order valence-corrected chi connectivity index (χ0v) is 18.8. The molecule has 2 aliphatic heterocycles. The normalized spacial score (nSPS) is 20.8. The number of urea groups is 1. The predicted molar refractivity (Wildman–Crippen MR) is 122 cm³/mol. The molecule has 34 heavy (non-hydrogen) atoms. The first-order chi connectivity index (χ1) is 16.3. The molecule has 2 heterocycles. The van der Waals surface area contributed by atoms with Crippen molar-refractivity contribution < 1.29 is 24.3 Å². The first-order valence-electron chi connectivity index (χ1n) is 11.0. The quantitative estimate of drug-likeness (QED) is 0.661. The summed E-state index contributed by atoms with van der Waals surface area (Å²) < 4.78 is 0. The maximum Gasteiger partial charge on any atom is 0.334 e. The van der Waals surface area contributed by atoms with E-state index in [2.05, 4.69) is 5.32 Å². The molecule has 10 heteroatoms. The molecule has 4 rings (SSSR count). The Labute approximate surface area is 197 Å². The third kappa shape index (κ3) is 4.86. The second kappa shape index (κ2) is 9.92. The highest BCUT2D eigenvalue weighted by molar-refractivity contribution is 5.93. The Bertz CT molecular complexity index is 1060. The molecule has 2 fully saturated rings. The van der Waals surface area contributed by atoms with Gasteiger partial charge in [-0.2, -0.15) is 0 Å². The van der Waals surface area contributed by atoms with Crippen LogP contribution in [0.2, 0.25) is 0 Å². The van der Waals surface area contributed by atoms with Crippen molar-refractivity contribution in [3.63, 3.8) is 0 Å². The molecule has 0 aliphatic carbocycles. The number of hydrogen-bond acceptors (Lipinski definition) is 5. The average molecular weight is 466 g/mol. The number of hydrogen-bond donors (Lipinski definition) is 2. The summed E-state index contributed by atoms with van der Waals surface area (Å²) in [5.41, 5.74) is 1.78. The first-order valence-corrected chi connectivity index (χ1v) is 11.0. The van der Waals surface area contributed by atoms with E-state index in [0.29, 0.717) is 0 Å². The van der Waals surface area contributed by atoms with Gasteiger partial charge in [0.1, 0.15) is 12.2 Å². The summed E-state index contributed by atoms with van der Waals surface area (Å²) in [6.45, 7) is 0.462. The van der Waals surface area contributed by atoms with Crippen LogP contribution in [0.4, 0.5) is 4.79 Å². The number of piperazine rings is 1. The lowest BCUT2D eigenvalue weighted by molar-refractivity contribution is -0.189. The van der Waals surface area contributed by atoms with Crippen LogP contribution in [0, 0.1) is 0 Å². The van der Waals surface area contributed by atoms with Gasteiger partial charge >= 0.3 is 12.0 Å². The van der Waals surface area contributed by atoms with Gasteiger partial charge < -0.3 is 20.2 Å². The van der Waals surface area contributed by atoms with Crippen LogP contribution >= 0.6 is 0 Å². The van der Waals surface area contributed by atoms with Crippen LogP contribution in [-0.4, -0.2) is 81.1 Å². The zero-order chi connectivity index (χ0) is 24.2. The highest BCUT2D eigenvalue weighted by atomic mass is 16.4. The molecule has 4 amide bonds. The Morgan fingerprint density at radius 3 is 2.24 bits per heavy atom. The summed E-state index contributed by atoms with van der Waals surface area (Å²) in [6.07, 6.45) is -1.36. The molecule has 0 unspecified atom stereocenters. The summed E-state index contributed by atoms with van der Waals surface area (Å²) in [4.78, 5) is 53.8. The number of carbonyl (C=O) groups is 4. The van der Waals surface area contributed by atoms with Gasteiger partial charge in [0.2, 0.25) is 11.8 Å². The zero-order valence-electron chi connectivity index (χ0n) is 18.8. The van der Waals surface area contributed by atoms with Crippen molar-refractivity contribution in [3.8, 4) is 0 Å². The summed E-state index contributed by atoms with van der Waals surface area (Å²) >= 11 is 0. The number of benzene rings is 2. The predicted octanol–water partition coefficient (Wildman–Crippen LogP) is 1.10. The molecule has 0 bridgehead atoms. The summed E-state index contributed by atoms with van der Waals surface area (Å²) in [5, 5.41) is 15.2. The molecule has 0 aromatic heterocycles. The van der Waals surface area contributed by atoms with E-state index in [1.807, 2.05) is 60.7 Å². The summed E-state index contributed by atoms with van der Waals surface area (Å²) in [7, 11) is 1.63. The number of nitrogens with zero attached hydrogens (tertiary/aromatic N) is 4. The number of rotatable bonds is 6. The fourth-order valence-corrected chi connectivity index (χ4v) is 4.47. The maximum atomic E-state index is 13.3. The van der Waals surface area contributed by atoms with Crippen molar-refractivity contribution in [3.05, 3.63) is 71.8 Å². The van der Waals surface area contributed by atoms with E-state index in [4.69, 9.17) is 0 Å². The van der Waals surface area contributed by atoms with Crippen molar-refractivity contribution in [2.45, 2.75) is 31.7 Å². The number of aliphatic carboxylic acids is 1. The Morgan fingerprint density at radius 2 is 1.62 bits per heavy atom. The van der Waals surface area contributed by atoms with Crippen molar-refractivity contribution in [2.24, 2.45) is 0 Å². The molecule has 2 atom stereocenters. The number of nitrogens with one attached hydrogen (secondary N) is 1. The highest BCUT2D eigenvalue weighted by Gasteiger charge is 2.51. The molecule has 0 spiro atoms. The molecule has 2 aromatic rings. The average Bonchev–Trinajstić information content (AvgIpc) is 2.81. The van der Waals surface area contributed by atoms with E-state index < -0.39 is 42.4 Å². The molecule has 2 saturated heterocycles. The van der Waals surface area contributed by atoms with Gasteiger partial charge in [0.25, 0.3) is 0 Å². The molecule has 0 saturated carbocycles. The number of hydrazine groups is 1. The van der Waals surface area contributed by atoms with Gasteiger partial charge in [0.15, 0.2) is 0 Å². The lowest BCUT2D eigenvalue weighted by Crippen LogP contribution is -2.76. The smallest absolute Gasteiger partial charge is 0.334 e. The van der Waals surface area contributed by atoms with Crippen molar-refractivity contribution in [1.82, 2.24) is 25.1 Å². The van der Waals surface area contributed by atoms with Crippen LogP contribution in [0.3, 0.4) is 0 Å². The van der Waals surface area contributed by atoms with E-state index >= 15 is 0 Å². The van der Waals surface area contributed by atoms with Crippen LogP contribution in [-0.2, 0) is 27.5 Å². The molecule has 10 nitrogen and oxygen atoms in total. The van der Waals surface area contributed by atoms with Crippen LogP contribution in [0.15, 0.2) is 60.7 Å². The minimum atomic E-state index is -1.19. The molecule has 0 radical (unpaired) electrons. The number of carboxylic acid groups (broad SMARTS) is 1. The standard InChI is InChI=1S/C24H27N5O5/c1-26-16-21(30)28-19(12-22(31)32)23(33)27(14-18-10-6-3-7-11-18)15-20(28)29(26)24(34)25-13-17-8-4-2-5-9-17/h2-11,19-20H,12-16H2,1H3,(H,25,34)(H,31,32)/t19-,20-/m0/s1. The maximum absolute atomic E-state index is 13.3. The SMILES string of the molecule is CN1CC(=O)N2[C@@H](CC(=O)O)C(=O)N(Cc3ccccc3)C[C@@H]2N1C(=O)NCc1ccccc1. The largest absolute Gasteiger partial charge is 0.481 e. The van der Waals surface area contributed by atoms with Crippen LogP contribution < -0.4 is 5.32 Å². The molecule has 2 aliphatic rings. The highest BCUT2D eigenvalue weighted by Crippen LogP contribution is 2.28. The van der Waals surface area contributed by atoms with Gasteiger partial charge in [-0.25, -0.2) is 14.8 Å². The van der Waals surface area contributed by atoms with Gasteiger partial charge in [-0.3, -0.25) is 14.4 Å². The van der Waals surface area contributed by atoms with Gasteiger partial charge in [-0.1, -0.05) is 60.7 Å². The topological polar surface area (TPSA) is 114 Å². The second-order valence-corrected chi connectivity index (χ2v) is 8.40. The monoisotopic (exact) mass is 465 g/mol. The molecular weight excluding hydrogens is 438 g/mol. The van der Waals surface area contributed by atoms with Crippen molar-refractivity contribution in [2.75, 3.05) is 20.1 Å². The number of carbonyl (C=O) groups excluding carboxylic acids is 3. The molecular formula is C24H27N5O5. The van der Waals surface area contributed by atoms with Gasteiger partial charge in [-0.05, 0) is 11.1 Å². The fraction of sp³-hybridized carbons (Fsp3) is 0.333. The van der Waals surface area contributed by atoms with Crippen molar-refractivity contribution >= 4 is 23.8 Å². The minimum absolute atomic E-state index is 0.0681. The van der Waals surface area contributed by atoms with E-state index in [9.17, 15) is 24.3 Å². The Kier molecular flexibility index (Phi) is 6.78. The first kappa shape index (κ1) is 23.2. The van der Waals surface area contributed by atoms with E-state index in [1.54, 1.807) is 7.05 Å². The summed E-state index contributed by atoms with van der Waals surface area (Å²) in [6, 6.07) is 17.1.